The van der Waals surface area contributed by atoms with E-state index in [2.05, 4.69) is 18.8 Å². The third-order valence-electron chi connectivity index (χ3n) is 2.31. The molecule has 58 valence electrons. The Bertz CT molecular complexity index is 260. The minimum absolute atomic E-state index is 0.110. The first-order valence-corrected chi connectivity index (χ1v) is 3.83. The highest BCUT2D eigenvalue weighted by molar-refractivity contribution is 5.19. The van der Waals surface area contributed by atoms with Gasteiger partial charge < -0.3 is 4.74 Å². The summed E-state index contributed by atoms with van der Waals surface area (Å²) in [5, 5.41) is 0. The molecule has 11 heavy (non-hydrogen) atoms. The number of hydrogen-bond acceptors (Lipinski definition) is 2. The van der Waals surface area contributed by atoms with Gasteiger partial charge in [-0.2, -0.15) is 0 Å². The summed E-state index contributed by atoms with van der Waals surface area (Å²) in [6, 6.07) is 5.91. The van der Waals surface area contributed by atoms with Crippen molar-refractivity contribution in [3.8, 4) is 0 Å². The molecule has 0 saturated carbocycles. The van der Waals surface area contributed by atoms with E-state index in [1.807, 2.05) is 18.2 Å². The molecule has 2 heterocycles. The van der Waals surface area contributed by atoms with Crippen LogP contribution in [0.2, 0.25) is 0 Å². The average Bonchev–Trinajstić information content (AvgIpc) is 2.64. The SMILES string of the molecule is CC1OC1(C)c1ccccn1. The molecule has 2 nitrogen and oxygen atoms in total. The molecular formula is C9H11NO. The maximum Gasteiger partial charge on any atom is 0.133 e. The Labute approximate surface area is 66.2 Å². The van der Waals surface area contributed by atoms with Gasteiger partial charge >= 0.3 is 0 Å². The van der Waals surface area contributed by atoms with Crippen molar-refractivity contribution in [3.63, 3.8) is 0 Å². The van der Waals surface area contributed by atoms with Crippen molar-refractivity contribution >= 4 is 0 Å². The number of pyridine rings is 1. The van der Waals surface area contributed by atoms with E-state index < -0.39 is 0 Å². The lowest BCUT2D eigenvalue weighted by Gasteiger charge is -2.02. The van der Waals surface area contributed by atoms with Crippen molar-refractivity contribution in [1.82, 2.24) is 4.98 Å². The van der Waals surface area contributed by atoms with Gasteiger partial charge in [0.2, 0.25) is 0 Å². The van der Waals surface area contributed by atoms with Crippen molar-refractivity contribution in [2.45, 2.75) is 25.6 Å². The minimum Gasteiger partial charge on any atom is -0.360 e. The second kappa shape index (κ2) is 2.05. The summed E-state index contributed by atoms with van der Waals surface area (Å²) in [7, 11) is 0. The largest absolute Gasteiger partial charge is 0.360 e. The van der Waals surface area contributed by atoms with Crippen LogP contribution in [0.5, 0.6) is 0 Å². The molecular weight excluding hydrogens is 138 g/mol. The van der Waals surface area contributed by atoms with Gasteiger partial charge in [-0.25, -0.2) is 0 Å². The number of nitrogens with zero attached hydrogens (tertiary/aromatic N) is 1. The van der Waals surface area contributed by atoms with Crippen LogP contribution in [-0.2, 0) is 10.3 Å². The Morgan fingerprint density at radius 3 is 2.73 bits per heavy atom. The van der Waals surface area contributed by atoms with E-state index in [9.17, 15) is 0 Å². The molecule has 0 spiro atoms. The van der Waals surface area contributed by atoms with Crippen LogP contribution in [0.1, 0.15) is 19.5 Å². The highest BCUT2D eigenvalue weighted by Crippen LogP contribution is 2.44. The molecule has 0 radical (unpaired) electrons. The molecule has 1 fully saturated rings. The third-order valence-corrected chi connectivity index (χ3v) is 2.31. The summed E-state index contributed by atoms with van der Waals surface area (Å²) in [4.78, 5) is 4.24. The minimum atomic E-state index is -0.110. The first-order valence-electron chi connectivity index (χ1n) is 3.83. The summed E-state index contributed by atoms with van der Waals surface area (Å²) in [6.45, 7) is 4.13. The smallest absolute Gasteiger partial charge is 0.133 e. The van der Waals surface area contributed by atoms with E-state index in [0.717, 1.165) is 5.69 Å². The molecule has 1 saturated heterocycles. The van der Waals surface area contributed by atoms with Gasteiger partial charge in [-0.15, -0.1) is 0 Å². The zero-order valence-electron chi connectivity index (χ0n) is 6.74. The fourth-order valence-electron chi connectivity index (χ4n) is 1.26. The quantitative estimate of drug-likeness (QED) is 0.568. The van der Waals surface area contributed by atoms with Crippen LogP contribution in [0.15, 0.2) is 24.4 Å². The van der Waals surface area contributed by atoms with Crippen molar-refractivity contribution in [3.05, 3.63) is 30.1 Å². The molecule has 2 unspecified atom stereocenters. The molecule has 0 bridgehead atoms. The molecule has 2 atom stereocenters. The average molecular weight is 149 g/mol. The van der Waals surface area contributed by atoms with E-state index in [1.54, 1.807) is 6.20 Å². The van der Waals surface area contributed by atoms with Crippen LogP contribution in [0.25, 0.3) is 0 Å². The van der Waals surface area contributed by atoms with Gasteiger partial charge in [-0.3, -0.25) is 4.98 Å². The maximum absolute atomic E-state index is 5.43. The van der Waals surface area contributed by atoms with E-state index in [0.29, 0.717) is 6.10 Å². The number of hydrogen-bond donors (Lipinski definition) is 0. The van der Waals surface area contributed by atoms with Gasteiger partial charge in [0.05, 0.1) is 11.8 Å². The zero-order chi connectivity index (χ0) is 7.90. The van der Waals surface area contributed by atoms with Crippen LogP contribution in [0.4, 0.5) is 0 Å². The van der Waals surface area contributed by atoms with Crippen molar-refractivity contribution < 1.29 is 4.74 Å². The monoisotopic (exact) mass is 149 g/mol. The predicted octanol–water partition coefficient (Wildman–Crippen LogP) is 1.72. The van der Waals surface area contributed by atoms with Crippen LogP contribution in [0, 0.1) is 0 Å². The van der Waals surface area contributed by atoms with Crippen molar-refractivity contribution in [1.29, 1.82) is 0 Å². The number of ether oxygens (including phenoxy) is 1. The first-order chi connectivity index (χ1) is 5.23. The standard InChI is InChI=1S/C9H11NO/c1-7-9(2,11-7)8-5-3-4-6-10-8/h3-7H,1-2H3. The molecule has 1 aliphatic rings. The lowest BCUT2D eigenvalue weighted by molar-refractivity contribution is 0.311. The fourth-order valence-corrected chi connectivity index (χ4v) is 1.26. The van der Waals surface area contributed by atoms with E-state index in [1.165, 1.54) is 0 Å². The first kappa shape index (κ1) is 6.80. The third kappa shape index (κ3) is 0.942. The summed E-state index contributed by atoms with van der Waals surface area (Å²) in [5.41, 5.74) is 0.925. The van der Waals surface area contributed by atoms with Gasteiger partial charge in [-0.05, 0) is 26.0 Å². The summed E-state index contributed by atoms with van der Waals surface area (Å²) < 4.78 is 5.43. The molecule has 2 heteroatoms. The Morgan fingerprint density at radius 2 is 2.27 bits per heavy atom. The Morgan fingerprint density at radius 1 is 1.55 bits per heavy atom. The van der Waals surface area contributed by atoms with Gasteiger partial charge in [0, 0.05) is 6.20 Å². The van der Waals surface area contributed by atoms with E-state index >= 15 is 0 Å². The van der Waals surface area contributed by atoms with Crippen LogP contribution >= 0.6 is 0 Å². The van der Waals surface area contributed by atoms with Gasteiger partial charge in [0.25, 0.3) is 0 Å². The van der Waals surface area contributed by atoms with Gasteiger partial charge in [0.15, 0.2) is 0 Å². The van der Waals surface area contributed by atoms with Crippen molar-refractivity contribution in [2.24, 2.45) is 0 Å². The molecule has 2 rings (SSSR count). The lowest BCUT2D eigenvalue weighted by Crippen LogP contribution is -2.07. The normalized spacial score (nSPS) is 35.3. The van der Waals surface area contributed by atoms with E-state index in [4.69, 9.17) is 4.74 Å². The maximum atomic E-state index is 5.43. The second-order valence-corrected chi connectivity index (χ2v) is 3.08. The molecule has 0 aliphatic carbocycles. The molecule has 1 aromatic heterocycles. The second-order valence-electron chi connectivity index (χ2n) is 3.08. The van der Waals surface area contributed by atoms with Crippen LogP contribution in [-0.4, -0.2) is 11.1 Å². The summed E-state index contributed by atoms with van der Waals surface area (Å²) >= 11 is 0. The summed E-state index contributed by atoms with van der Waals surface area (Å²) in [6.07, 6.45) is 2.12. The Kier molecular flexibility index (Phi) is 1.26. The van der Waals surface area contributed by atoms with Gasteiger partial charge in [-0.1, -0.05) is 6.07 Å². The number of epoxide rings is 1. The molecule has 0 aromatic carbocycles. The van der Waals surface area contributed by atoms with E-state index in [-0.39, 0.29) is 5.60 Å². The highest BCUT2D eigenvalue weighted by Gasteiger charge is 2.51. The predicted molar refractivity (Wildman–Crippen MR) is 42.1 cm³/mol. The summed E-state index contributed by atoms with van der Waals surface area (Å²) in [5.74, 6) is 0. The Hall–Kier alpha value is -0.890. The molecule has 1 aromatic rings. The Balaban J connectivity index is 2.32. The van der Waals surface area contributed by atoms with Gasteiger partial charge in [0.1, 0.15) is 5.60 Å². The topological polar surface area (TPSA) is 25.4 Å². The molecule has 0 N–H and O–H groups in total. The number of rotatable bonds is 1. The number of aromatic nitrogens is 1. The van der Waals surface area contributed by atoms with Crippen LogP contribution < -0.4 is 0 Å². The zero-order valence-corrected chi connectivity index (χ0v) is 6.74. The van der Waals surface area contributed by atoms with Crippen LogP contribution in [0.3, 0.4) is 0 Å². The fraction of sp³-hybridized carbons (Fsp3) is 0.444. The highest BCUT2D eigenvalue weighted by atomic mass is 16.6. The lowest BCUT2D eigenvalue weighted by atomic mass is 10.0. The van der Waals surface area contributed by atoms with Crippen molar-refractivity contribution in [2.75, 3.05) is 0 Å². The molecule has 1 aliphatic heterocycles. The molecule has 0 amide bonds.